The van der Waals surface area contributed by atoms with Crippen LogP contribution in [0.15, 0.2) is 24.3 Å². The van der Waals surface area contributed by atoms with Crippen LogP contribution < -0.4 is 10.2 Å². The molecule has 3 rings (SSSR count). The molecule has 3 N–H and O–H groups in total. The van der Waals surface area contributed by atoms with Gasteiger partial charge in [0.2, 0.25) is 11.8 Å². The Labute approximate surface area is 145 Å². The molecule has 130 valence electrons. The van der Waals surface area contributed by atoms with E-state index in [-0.39, 0.29) is 36.8 Å². The highest BCUT2D eigenvalue weighted by atomic mass is 35.5. The second-order valence-corrected chi connectivity index (χ2v) is 7.01. The Balaban J connectivity index is 1.59. The quantitative estimate of drug-likeness (QED) is 0.752. The Kier molecular flexibility index (Phi) is 5.08. The number of benzene rings is 1. The third kappa shape index (κ3) is 3.55. The Morgan fingerprint density at radius 1 is 1.29 bits per heavy atom. The van der Waals surface area contributed by atoms with Crippen LogP contribution in [0.1, 0.15) is 19.3 Å². The highest BCUT2D eigenvalue weighted by molar-refractivity contribution is 6.30. The standard InChI is InChI=1S/C17H21ClN2O4/c18-12-1-3-14(4-2-12)20-8-10(6-16(20)23)17(24)19-13-5-11(9-21)15(22)7-13/h1-4,10-11,13,15,21-22H,5-9H2,(H,19,24)/t10-,11-,13+,15+/m1/s1. The van der Waals surface area contributed by atoms with E-state index in [1.165, 1.54) is 0 Å². The average molecular weight is 353 g/mol. The molecule has 1 saturated heterocycles. The first-order chi connectivity index (χ1) is 11.5. The fourth-order valence-corrected chi connectivity index (χ4v) is 3.62. The number of halogens is 1. The number of amides is 2. The van der Waals surface area contributed by atoms with Gasteiger partial charge in [-0.25, -0.2) is 0 Å². The number of aliphatic hydroxyl groups excluding tert-OH is 2. The van der Waals surface area contributed by atoms with Crippen molar-refractivity contribution in [2.75, 3.05) is 18.1 Å². The first-order valence-corrected chi connectivity index (χ1v) is 8.51. The summed E-state index contributed by atoms with van der Waals surface area (Å²) in [6.45, 7) is 0.255. The van der Waals surface area contributed by atoms with E-state index in [0.717, 1.165) is 5.69 Å². The fourth-order valence-electron chi connectivity index (χ4n) is 3.49. The minimum absolute atomic E-state index is 0.0835. The summed E-state index contributed by atoms with van der Waals surface area (Å²) in [5.41, 5.74) is 0.733. The molecule has 1 heterocycles. The van der Waals surface area contributed by atoms with Crippen LogP contribution in [0.2, 0.25) is 5.02 Å². The van der Waals surface area contributed by atoms with Gasteiger partial charge in [-0.2, -0.15) is 0 Å². The third-order valence-corrected chi connectivity index (χ3v) is 5.12. The van der Waals surface area contributed by atoms with Crippen LogP contribution in [0, 0.1) is 11.8 Å². The number of carbonyl (C=O) groups is 2. The minimum atomic E-state index is -0.587. The second kappa shape index (κ2) is 7.09. The maximum Gasteiger partial charge on any atom is 0.227 e. The lowest BCUT2D eigenvalue weighted by molar-refractivity contribution is -0.126. The van der Waals surface area contributed by atoms with Crippen molar-refractivity contribution in [2.45, 2.75) is 31.4 Å². The first-order valence-electron chi connectivity index (χ1n) is 8.13. The van der Waals surface area contributed by atoms with Crippen LogP contribution in [-0.4, -0.2) is 47.3 Å². The zero-order valence-corrected chi connectivity index (χ0v) is 13.9. The molecule has 1 aromatic rings. The van der Waals surface area contributed by atoms with Crippen molar-refractivity contribution in [3.05, 3.63) is 29.3 Å². The summed E-state index contributed by atoms with van der Waals surface area (Å²) < 4.78 is 0. The van der Waals surface area contributed by atoms with Crippen molar-refractivity contribution in [3.63, 3.8) is 0 Å². The number of nitrogens with zero attached hydrogens (tertiary/aromatic N) is 1. The minimum Gasteiger partial charge on any atom is -0.396 e. The SMILES string of the molecule is O=C(N[C@H]1C[C@H](CO)[C@@H](O)C1)[C@@H]1CC(=O)N(c2ccc(Cl)cc2)C1. The first kappa shape index (κ1) is 17.2. The van der Waals surface area contributed by atoms with E-state index in [1.54, 1.807) is 29.2 Å². The number of rotatable bonds is 4. The number of hydrogen-bond acceptors (Lipinski definition) is 4. The monoisotopic (exact) mass is 352 g/mol. The van der Waals surface area contributed by atoms with Crippen LogP contribution in [0.3, 0.4) is 0 Å². The summed E-state index contributed by atoms with van der Waals surface area (Å²) in [6, 6.07) is 6.81. The predicted molar refractivity (Wildman–Crippen MR) is 89.7 cm³/mol. The van der Waals surface area contributed by atoms with Crippen molar-refractivity contribution in [1.29, 1.82) is 0 Å². The predicted octanol–water partition coefficient (Wildman–Crippen LogP) is 0.941. The lowest BCUT2D eigenvalue weighted by atomic mass is 10.1. The Morgan fingerprint density at radius 3 is 2.62 bits per heavy atom. The highest BCUT2D eigenvalue weighted by Crippen LogP contribution is 2.29. The molecule has 0 unspecified atom stereocenters. The van der Waals surface area contributed by atoms with E-state index < -0.39 is 12.0 Å². The van der Waals surface area contributed by atoms with Crippen LogP contribution in [0.4, 0.5) is 5.69 Å². The van der Waals surface area contributed by atoms with E-state index in [2.05, 4.69) is 5.32 Å². The van der Waals surface area contributed by atoms with Crippen molar-refractivity contribution in [1.82, 2.24) is 5.32 Å². The number of hydrogen-bond donors (Lipinski definition) is 3. The highest BCUT2D eigenvalue weighted by Gasteiger charge is 2.38. The largest absolute Gasteiger partial charge is 0.396 e. The van der Waals surface area contributed by atoms with Gasteiger partial charge in [0.15, 0.2) is 0 Å². The molecule has 0 bridgehead atoms. The van der Waals surface area contributed by atoms with E-state index in [9.17, 15) is 19.8 Å². The van der Waals surface area contributed by atoms with Crippen molar-refractivity contribution < 1.29 is 19.8 Å². The van der Waals surface area contributed by atoms with Gasteiger partial charge in [-0.15, -0.1) is 0 Å². The van der Waals surface area contributed by atoms with Gasteiger partial charge in [-0.3, -0.25) is 9.59 Å². The molecule has 0 radical (unpaired) electrons. The lowest BCUT2D eigenvalue weighted by Crippen LogP contribution is -2.39. The smallest absolute Gasteiger partial charge is 0.227 e. The molecule has 24 heavy (non-hydrogen) atoms. The maximum atomic E-state index is 12.4. The van der Waals surface area contributed by atoms with E-state index in [0.29, 0.717) is 24.4 Å². The van der Waals surface area contributed by atoms with Crippen molar-refractivity contribution in [3.8, 4) is 0 Å². The fraction of sp³-hybridized carbons (Fsp3) is 0.529. The Hall–Kier alpha value is -1.63. The summed E-state index contributed by atoms with van der Waals surface area (Å²) in [6.07, 6.45) is 0.590. The number of carbonyl (C=O) groups excluding carboxylic acids is 2. The third-order valence-electron chi connectivity index (χ3n) is 4.87. The van der Waals surface area contributed by atoms with E-state index in [4.69, 9.17) is 11.6 Å². The lowest BCUT2D eigenvalue weighted by Gasteiger charge is -2.18. The number of anilines is 1. The van der Waals surface area contributed by atoms with Gasteiger partial charge in [-0.1, -0.05) is 11.6 Å². The average Bonchev–Trinajstić information content (AvgIpc) is 3.11. The van der Waals surface area contributed by atoms with Crippen molar-refractivity contribution in [2.24, 2.45) is 11.8 Å². The van der Waals surface area contributed by atoms with Gasteiger partial charge in [0.25, 0.3) is 0 Å². The Bertz CT molecular complexity index is 622. The Morgan fingerprint density at radius 2 is 2.00 bits per heavy atom. The van der Waals surface area contributed by atoms with Crippen LogP contribution in [0.25, 0.3) is 0 Å². The van der Waals surface area contributed by atoms with Gasteiger partial charge in [0.05, 0.1) is 12.0 Å². The van der Waals surface area contributed by atoms with Gasteiger partial charge in [0.1, 0.15) is 0 Å². The molecule has 6 nitrogen and oxygen atoms in total. The molecule has 1 aromatic carbocycles. The summed E-state index contributed by atoms with van der Waals surface area (Å²) in [5, 5.41) is 22.5. The summed E-state index contributed by atoms with van der Waals surface area (Å²) in [7, 11) is 0. The molecule has 4 atom stereocenters. The molecule has 2 fully saturated rings. The van der Waals surface area contributed by atoms with Crippen LogP contribution >= 0.6 is 11.6 Å². The molecule has 1 aliphatic carbocycles. The van der Waals surface area contributed by atoms with E-state index >= 15 is 0 Å². The van der Waals surface area contributed by atoms with E-state index in [1.807, 2.05) is 0 Å². The van der Waals surface area contributed by atoms with Crippen LogP contribution in [0.5, 0.6) is 0 Å². The van der Waals surface area contributed by atoms with Gasteiger partial charge in [-0.05, 0) is 37.1 Å². The summed E-state index contributed by atoms with van der Waals surface area (Å²) in [4.78, 5) is 26.2. The molecule has 7 heteroatoms. The number of nitrogens with one attached hydrogen (secondary N) is 1. The topological polar surface area (TPSA) is 89.9 Å². The second-order valence-electron chi connectivity index (χ2n) is 6.57. The maximum absolute atomic E-state index is 12.4. The zero-order valence-electron chi connectivity index (χ0n) is 13.2. The van der Waals surface area contributed by atoms with Crippen molar-refractivity contribution >= 4 is 29.1 Å². The molecule has 1 saturated carbocycles. The number of aliphatic hydroxyl groups is 2. The van der Waals surface area contributed by atoms with Gasteiger partial charge >= 0.3 is 0 Å². The molecule has 2 aliphatic rings. The molecular weight excluding hydrogens is 332 g/mol. The molecule has 0 spiro atoms. The summed E-state index contributed by atoms with van der Waals surface area (Å²) in [5.74, 6) is -0.850. The molecule has 1 aliphatic heterocycles. The molecule has 0 aromatic heterocycles. The van der Waals surface area contributed by atoms with Crippen LogP contribution in [-0.2, 0) is 9.59 Å². The zero-order chi connectivity index (χ0) is 17.3. The normalized spacial score (nSPS) is 30.0. The summed E-state index contributed by atoms with van der Waals surface area (Å²) >= 11 is 5.86. The van der Waals surface area contributed by atoms with Gasteiger partial charge in [0, 0.05) is 42.2 Å². The van der Waals surface area contributed by atoms with Gasteiger partial charge < -0.3 is 20.4 Å². The molecular formula is C17H21ClN2O4. The molecule has 2 amide bonds.